The Morgan fingerprint density at radius 2 is 2.24 bits per heavy atom. The van der Waals surface area contributed by atoms with Crippen LogP contribution in [0.5, 0.6) is 0 Å². The number of hydrogen-bond acceptors (Lipinski definition) is 4. The zero-order chi connectivity index (χ0) is 12.2. The minimum Gasteiger partial charge on any atom is -0.394 e. The zero-order valence-electron chi connectivity index (χ0n) is 9.25. The molecule has 0 saturated heterocycles. The fraction of sp³-hybridized carbons (Fsp3) is 0.364. The van der Waals surface area contributed by atoms with E-state index < -0.39 is 0 Å². The van der Waals surface area contributed by atoms with Crippen molar-refractivity contribution in [3.05, 3.63) is 38.5 Å². The first-order chi connectivity index (χ1) is 8.13. The molecular weight excluding hydrogens is 222 g/mol. The van der Waals surface area contributed by atoms with Crippen LogP contribution in [0, 0.1) is 6.92 Å². The summed E-state index contributed by atoms with van der Waals surface area (Å²) >= 11 is 0. The molecule has 3 heterocycles. The molecule has 0 aromatic carbocycles. The second-order valence-corrected chi connectivity index (χ2v) is 4.25. The molecule has 1 N–H and O–H groups in total. The van der Waals surface area contributed by atoms with Crippen LogP contribution in [-0.4, -0.2) is 25.8 Å². The van der Waals surface area contributed by atoms with Crippen molar-refractivity contribution < 1.29 is 5.11 Å². The molecule has 0 bridgehead atoms. The molecule has 1 aliphatic heterocycles. The van der Waals surface area contributed by atoms with E-state index in [0.29, 0.717) is 17.7 Å². The molecule has 0 spiro atoms. The van der Waals surface area contributed by atoms with Crippen molar-refractivity contribution in [1.29, 1.82) is 0 Å². The van der Waals surface area contributed by atoms with Gasteiger partial charge in [0, 0.05) is 6.07 Å². The molecule has 1 atom stereocenters. The molecule has 0 aliphatic carbocycles. The predicted octanol–water partition coefficient (Wildman–Crippen LogP) is -0.586. The molecule has 1 aliphatic rings. The SMILES string of the molecule is Cc1cc(=O)n2c3c1ncc(=O)n3C[C@H]2CO. The van der Waals surface area contributed by atoms with E-state index in [2.05, 4.69) is 4.98 Å². The van der Waals surface area contributed by atoms with Crippen LogP contribution in [0.4, 0.5) is 0 Å². The van der Waals surface area contributed by atoms with Gasteiger partial charge in [-0.1, -0.05) is 0 Å². The summed E-state index contributed by atoms with van der Waals surface area (Å²) in [4.78, 5) is 27.7. The number of rotatable bonds is 1. The quantitative estimate of drug-likeness (QED) is 0.714. The van der Waals surface area contributed by atoms with Crippen molar-refractivity contribution in [2.24, 2.45) is 0 Å². The Balaban J connectivity index is 2.57. The molecule has 3 rings (SSSR count). The van der Waals surface area contributed by atoms with Crippen LogP contribution in [0.15, 0.2) is 21.9 Å². The third-order valence-corrected chi connectivity index (χ3v) is 3.19. The van der Waals surface area contributed by atoms with Crippen molar-refractivity contribution in [3.8, 4) is 0 Å². The summed E-state index contributed by atoms with van der Waals surface area (Å²) < 4.78 is 2.95. The maximum absolute atomic E-state index is 11.9. The molecular formula is C11H11N3O3. The molecule has 88 valence electrons. The van der Waals surface area contributed by atoms with Gasteiger partial charge in [-0.25, -0.2) is 4.98 Å². The Labute approximate surface area is 95.8 Å². The molecule has 0 radical (unpaired) electrons. The lowest BCUT2D eigenvalue weighted by Crippen LogP contribution is -2.24. The van der Waals surface area contributed by atoms with Crippen molar-refractivity contribution in [2.45, 2.75) is 19.5 Å². The summed E-state index contributed by atoms with van der Waals surface area (Å²) in [5.41, 5.74) is 1.45. The fourth-order valence-corrected chi connectivity index (χ4v) is 2.39. The monoisotopic (exact) mass is 233 g/mol. The number of nitrogens with zero attached hydrogens (tertiary/aromatic N) is 3. The van der Waals surface area contributed by atoms with E-state index in [-0.39, 0.29) is 23.8 Å². The van der Waals surface area contributed by atoms with Crippen LogP contribution in [-0.2, 0) is 6.54 Å². The van der Waals surface area contributed by atoms with Gasteiger partial charge in [-0.05, 0) is 12.5 Å². The summed E-state index contributed by atoms with van der Waals surface area (Å²) in [7, 11) is 0. The number of aliphatic hydroxyl groups is 1. The Kier molecular flexibility index (Phi) is 1.97. The predicted molar refractivity (Wildman–Crippen MR) is 61.1 cm³/mol. The molecule has 2 aromatic rings. The van der Waals surface area contributed by atoms with Gasteiger partial charge < -0.3 is 5.11 Å². The maximum Gasteiger partial charge on any atom is 0.270 e. The normalized spacial score (nSPS) is 17.9. The van der Waals surface area contributed by atoms with Crippen LogP contribution < -0.4 is 11.1 Å². The average molecular weight is 233 g/mol. The van der Waals surface area contributed by atoms with Crippen LogP contribution >= 0.6 is 0 Å². The van der Waals surface area contributed by atoms with E-state index in [0.717, 1.165) is 5.56 Å². The highest BCUT2D eigenvalue weighted by molar-refractivity contribution is 5.75. The van der Waals surface area contributed by atoms with Crippen molar-refractivity contribution in [1.82, 2.24) is 14.1 Å². The number of aryl methyl sites for hydroxylation is 1. The lowest BCUT2D eigenvalue weighted by atomic mass is 10.2. The summed E-state index contributed by atoms with van der Waals surface area (Å²) in [6.07, 6.45) is 1.25. The molecule has 2 aromatic heterocycles. The van der Waals surface area contributed by atoms with E-state index in [9.17, 15) is 14.7 Å². The highest BCUT2D eigenvalue weighted by Crippen LogP contribution is 2.23. The number of aliphatic hydroxyl groups excluding tert-OH is 1. The van der Waals surface area contributed by atoms with Gasteiger partial charge >= 0.3 is 0 Å². The largest absolute Gasteiger partial charge is 0.394 e. The second-order valence-electron chi connectivity index (χ2n) is 4.25. The molecule has 0 fully saturated rings. The highest BCUT2D eigenvalue weighted by atomic mass is 16.3. The van der Waals surface area contributed by atoms with Gasteiger partial charge in [-0.3, -0.25) is 18.7 Å². The number of aromatic nitrogens is 3. The maximum atomic E-state index is 11.9. The minimum atomic E-state index is -0.373. The Morgan fingerprint density at radius 1 is 1.47 bits per heavy atom. The van der Waals surface area contributed by atoms with Gasteiger partial charge in [0.25, 0.3) is 11.1 Å². The van der Waals surface area contributed by atoms with Gasteiger partial charge in [0.05, 0.1) is 25.4 Å². The third kappa shape index (κ3) is 1.21. The van der Waals surface area contributed by atoms with Gasteiger partial charge in [0.15, 0.2) is 0 Å². The van der Waals surface area contributed by atoms with Gasteiger partial charge in [0.1, 0.15) is 11.2 Å². The molecule has 0 unspecified atom stereocenters. The van der Waals surface area contributed by atoms with Crippen LogP contribution in [0.1, 0.15) is 11.6 Å². The first-order valence-electron chi connectivity index (χ1n) is 5.36. The fourth-order valence-electron chi connectivity index (χ4n) is 2.39. The zero-order valence-corrected chi connectivity index (χ0v) is 9.25. The van der Waals surface area contributed by atoms with Crippen molar-refractivity contribution in [3.63, 3.8) is 0 Å². The summed E-state index contributed by atoms with van der Waals surface area (Å²) in [6, 6.07) is 1.11. The molecule has 0 amide bonds. The lowest BCUT2D eigenvalue weighted by Gasteiger charge is -2.09. The number of hydrogen-bond donors (Lipinski definition) is 1. The van der Waals surface area contributed by atoms with Crippen LogP contribution in [0.3, 0.4) is 0 Å². The molecule has 17 heavy (non-hydrogen) atoms. The van der Waals surface area contributed by atoms with E-state index in [4.69, 9.17) is 0 Å². The van der Waals surface area contributed by atoms with E-state index in [1.807, 2.05) is 0 Å². The van der Waals surface area contributed by atoms with E-state index in [1.165, 1.54) is 21.4 Å². The van der Waals surface area contributed by atoms with E-state index >= 15 is 0 Å². The van der Waals surface area contributed by atoms with Crippen molar-refractivity contribution >= 4 is 11.2 Å². The second kappa shape index (κ2) is 3.27. The molecule has 6 heteroatoms. The lowest BCUT2D eigenvalue weighted by molar-refractivity contribution is 0.225. The highest BCUT2D eigenvalue weighted by Gasteiger charge is 2.26. The number of pyridine rings is 1. The molecule has 6 nitrogen and oxygen atoms in total. The van der Waals surface area contributed by atoms with Crippen LogP contribution in [0.2, 0.25) is 0 Å². The smallest absolute Gasteiger partial charge is 0.270 e. The van der Waals surface area contributed by atoms with E-state index in [1.54, 1.807) is 6.92 Å². The van der Waals surface area contributed by atoms with Gasteiger partial charge in [-0.15, -0.1) is 0 Å². The summed E-state index contributed by atoms with van der Waals surface area (Å²) in [5, 5.41) is 9.28. The van der Waals surface area contributed by atoms with Gasteiger partial charge in [-0.2, -0.15) is 0 Å². The summed E-state index contributed by atoms with van der Waals surface area (Å²) in [5.74, 6) is 0. The summed E-state index contributed by atoms with van der Waals surface area (Å²) in [6.45, 7) is 1.95. The Bertz CT molecular complexity index is 729. The first-order valence-corrected chi connectivity index (χ1v) is 5.36. The average Bonchev–Trinajstić information content (AvgIpc) is 2.68. The Morgan fingerprint density at radius 3 is 2.94 bits per heavy atom. The molecule has 0 saturated carbocycles. The minimum absolute atomic E-state index is 0.167. The van der Waals surface area contributed by atoms with Gasteiger partial charge in [0.2, 0.25) is 0 Å². The Hall–Kier alpha value is -1.95. The topological polar surface area (TPSA) is 77.1 Å². The first kappa shape index (κ1) is 10.2. The standard InChI is InChI=1S/C11H11N3O3/c1-6-2-8(16)14-7(5-15)4-13-9(17)3-12-10(6)11(13)14/h2-3,7,15H,4-5H2,1H3/t7-/m0/s1. The van der Waals surface area contributed by atoms with Crippen molar-refractivity contribution in [2.75, 3.05) is 6.61 Å². The van der Waals surface area contributed by atoms with Crippen LogP contribution in [0.25, 0.3) is 11.2 Å². The third-order valence-electron chi connectivity index (χ3n) is 3.19.